The average molecular weight is 132 g/mol. The van der Waals surface area contributed by atoms with Crippen molar-refractivity contribution in [2.45, 2.75) is 6.42 Å². The average Bonchev–Trinajstić information content (AvgIpc) is 1.63. The maximum atomic E-state index is 5.17. The lowest BCUT2D eigenvalue weighted by Gasteiger charge is -2.11. The first kappa shape index (κ1) is 8.84. The van der Waals surface area contributed by atoms with Gasteiger partial charge in [0.25, 0.3) is 0 Å². The summed E-state index contributed by atoms with van der Waals surface area (Å²) in [7, 11) is 4.05. The fraction of sp³-hybridized carbons (Fsp3) is 1.00. The molecule has 0 atom stereocenters. The SMILES string of the molecule is CN(C)CCCN(N)N. The summed E-state index contributed by atoms with van der Waals surface area (Å²) < 4.78 is 0. The molecule has 0 aromatic heterocycles. The lowest BCUT2D eigenvalue weighted by Crippen LogP contribution is -2.39. The predicted octanol–water partition coefficient (Wildman–Crippen LogP) is -1.01. The molecule has 0 aliphatic carbocycles. The Morgan fingerprint density at radius 1 is 1.11 bits per heavy atom. The molecule has 0 aromatic carbocycles. The second-order valence-corrected chi connectivity index (χ2v) is 2.39. The van der Waals surface area contributed by atoms with Gasteiger partial charge in [0.2, 0.25) is 0 Å². The highest BCUT2D eigenvalue weighted by Gasteiger charge is 1.91. The normalized spacial score (nSPS) is 11.3. The molecule has 0 spiro atoms. The topological polar surface area (TPSA) is 58.5 Å². The van der Waals surface area contributed by atoms with Crippen molar-refractivity contribution in [2.75, 3.05) is 27.2 Å². The van der Waals surface area contributed by atoms with E-state index >= 15 is 0 Å². The number of rotatable bonds is 4. The van der Waals surface area contributed by atoms with E-state index in [1.165, 1.54) is 5.12 Å². The zero-order valence-corrected chi connectivity index (χ0v) is 6.17. The van der Waals surface area contributed by atoms with Crippen molar-refractivity contribution in [1.82, 2.24) is 10.0 Å². The van der Waals surface area contributed by atoms with E-state index in [2.05, 4.69) is 4.90 Å². The Labute approximate surface area is 56.3 Å². The highest BCUT2D eigenvalue weighted by atomic mass is 15.6. The van der Waals surface area contributed by atoms with Crippen LogP contribution in [0.5, 0.6) is 0 Å². The minimum Gasteiger partial charge on any atom is -0.309 e. The summed E-state index contributed by atoms with van der Waals surface area (Å²) in [6.07, 6.45) is 1.01. The van der Waals surface area contributed by atoms with Gasteiger partial charge in [-0.05, 0) is 27.1 Å². The van der Waals surface area contributed by atoms with Crippen LogP contribution in [0, 0.1) is 0 Å². The number of hydrazine groups is 2. The number of nitrogens with zero attached hydrogens (tertiary/aromatic N) is 2. The van der Waals surface area contributed by atoms with Gasteiger partial charge in [0.05, 0.1) is 0 Å². The van der Waals surface area contributed by atoms with Gasteiger partial charge in [0, 0.05) is 6.54 Å². The molecule has 0 amide bonds. The van der Waals surface area contributed by atoms with Crippen LogP contribution in [0.25, 0.3) is 0 Å². The van der Waals surface area contributed by atoms with E-state index in [1.54, 1.807) is 0 Å². The van der Waals surface area contributed by atoms with Gasteiger partial charge in [-0.1, -0.05) is 0 Å². The van der Waals surface area contributed by atoms with Crippen LogP contribution in [0.4, 0.5) is 0 Å². The van der Waals surface area contributed by atoms with E-state index in [1.807, 2.05) is 14.1 Å². The van der Waals surface area contributed by atoms with Crippen LogP contribution in [0.1, 0.15) is 6.42 Å². The largest absolute Gasteiger partial charge is 0.309 e. The van der Waals surface area contributed by atoms with Gasteiger partial charge in [-0.15, -0.1) is 0 Å². The fourth-order valence-corrected chi connectivity index (χ4v) is 0.570. The summed E-state index contributed by atoms with van der Waals surface area (Å²) in [5, 5.41) is 1.21. The van der Waals surface area contributed by atoms with Crippen molar-refractivity contribution in [2.24, 2.45) is 11.7 Å². The number of nitrogens with two attached hydrogens (primary N) is 2. The molecule has 0 saturated carbocycles. The lowest BCUT2D eigenvalue weighted by atomic mass is 10.4. The minimum absolute atomic E-state index is 0.748. The van der Waals surface area contributed by atoms with Gasteiger partial charge in [-0.2, -0.15) is 5.12 Å². The highest BCUT2D eigenvalue weighted by molar-refractivity contribution is 4.44. The van der Waals surface area contributed by atoms with Gasteiger partial charge >= 0.3 is 0 Å². The summed E-state index contributed by atoms with van der Waals surface area (Å²) in [6.45, 7) is 1.78. The van der Waals surface area contributed by atoms with Crippen LogP contribution >= 0.6 is 0 Å². The minimum atomic E-state index is 0.748. The van der Waals surface area contributed by atoms with Crippen LogP contribution in [0.3, 0.4) is 0 Å². The van der Waals surface area contributed by atoms with Crippen molar-refractivity contribution < 1.29 is 0 Å². The van der Waals surface area contributed by atoms with E-state index in [-0.39, 0.29) is 0 Å². The molecule has 0 unspecified atom stereocenters. The van der Waals surface area contributed by atoms with Crippen LogP contribution in [0.15, 0.2) is 0 Å². The molecule has 4 heteroatoms. The third kappa shape index (κ3) is 7.84. The van der Waals surface area contributed by atoms with Gasteiger partial charge in [-0.3, -0.25) is 11.7 Å². The first-order valence-electron chi connectivity index (χ1n) is 3.04. The quantitative estimate of drug-likeness (QED) is 0.380. The van der Waals surface area contributed by atoms with E-state index in [0.717, 1.165) is 19.5 Å². The molecule has 0 aliphatic heterocycles. The van der Waals surface area contributed by atoms with Gasteiger partial charge in [0.1, 0.15) is 0 Å². The molecule has 0 radical (unpaired) electrons. The summed E-state index contributed by atoms with van der Waals surface area (Å²) >= 11 is 0. The Morgan fingerprint density at radius 2 is 1.67 bits per heavy atom. The molecule has 0 rings (SSSR count). The van der Waals surface area contributed by atoms with Crippen molar-refractivity contribution in [3.63, 3.8) is 0 Å². The molecule has 4 nitrogen and oxygen atoms in total. The molecule has 0 fully saturated rings. The maximum Gasteiger partial charge on any atom is 0.0295 e. The van der Waals surface area contributed by atoms with E-state index in [4.69, 9.17) is 11.7 Å². The molecule has 4 N–H and O–H groups in total. The van der Waals surface area contributed by atoms with E-state index in [9.17, 15) is 0 Å². The standard InChI is InChI=1S/C5H16N4/c1-8(2)4-3-5-9(6)7/h3-7H2,1-2H3. The molecule has 0 aromatic rings. The van der Waals surface area contributed by atoms with Crippen LogP contribution in [-0.2, 0) is 0 Å². The number of hydrogen-bond acceptors (Lipinski definition) is 4. The summed E-state index contributed by atoms with van der Waals surface area (Å²) in [5.41, 5.74) is 0. The molecule has 56 valence electrons. The Hall–Kier alpha value is -0.160. The van der Waals surface area contributed by atoms with Crippen LogP contribution in [0.2, 0.25) is 0 Å². The third-order valence-electron chi connectivity index (χ3n) is 1.02. The van der Waals surface area contributed by atoms with Crippen molar-refractivity contribution >= 4 is 0 Å². The molecule has 9 heavy (non-hydrogen) atoms. The fourth-order valence-electron chi connectivity index (χ4n) is 0.570. The Bertz CT molecular complexity index is 54.0. The first-order chi connectivity index (χ1) is 4.13. The Morgan fingerprint density at radius 3 is 2.00 bits per heavy atom. The summed E-state index contributed by atoms with van der Waals surface area (Å²) in [4.78, 5) is 2.10. The number of hydrogen-bond donors (Lipinski definition) is 2. The maximum absolute atomic E-state index is 5.17. The predicted molar refractivity (Wildman–Crippen MR) is 38.3 cm³/mol. The molecule has 0 heterocycles. The third-order valence-corrected chi connectivity index (χ3v) is 1.02. The summed E-state index contributed by atoms with van der Waals surface area (Å²) in [5.74, 6) is 10.3. The second kappa shape index (κ2) is 4.69. The van der Waals surface area contributed by atoms with Gasteiger partial charge < -0.3 is 4.90 Å². The smallest absolute Gasteiger partial charge is 0.0295 e. The molecular formula is C5H16N4. The monoisotopic (exact) mass is 132 g/mol. The zero-order chi connectivity index (χ0) is 7.28. The second-order valence-electron chi connectivity index (χ2n) is 2.39. The Kier molecular flexibility index (Phi) is 4.61. The Balaban J connectivity index is 2.91. The molecule has 0 bridgehead atoms. The highest BCUT2D eigenvalue weighted by Crippen LogP contribution is 1.81. The summed E-state index contributed by atoms with van der Waals surface area (Å²) in [6, 6.07) is 0. The first-order valence-corrected chi connectivity index (χ1v) is 3.04. The van der Waals surface area contributed by atoms with Gasteiger partial charge in [-0.25, -0.2) is 0 Å². The van der Waals surface area contributed by atoms with Crippen molar-refractivity contribution in [1.29, 1.82) is 0 Å². The van der Waals surface area contributed by atoms with Crippen molar-refractivity contribution in [3.8, 4) is 0 Å². The lowest BCUT2D eigenvalue weighted by molar-refractivity contribution is 0.269. The zero-order valence-electron chi connectivity index (χ0n) is 6.17. The molecule has 0 aliphatic rings. The van der Waals surface area contributed by atoms with E-state index in [0.29, 0.717) is 0 Å². The van der Waals surface area contributed by atoms with Crippen LogP contribution < -0.4 is 11.7 Å². The van der Waals surface area contributed by atoms with E-state index < -0.39 is 0 Å². The van der Waals surface area contributed by atoms with Crippen LogP contribution in [-0.4, -0.2) is 37.2 Å². The molecular weight excluding hydrogens is 116 g/mol. The van der Waals surface area contributed by atoms with Crippen molar-refractivity contribution in [3.05, 3.63) is 0 Å². The molecule has 0 saturated heterocycles. The van der Waals surface area contributed by atoms with Gasteiger partial charge in [0.15, 0.2) is 0 Å².